The first kappa shape index (κ1) is 22.0. The van der Waals surface area contributed by atoms with E-state index in [-0.39, 0.29) is 30.7 Å². The molecule has 2 atom stereocenters. The second-order valence-corrected chi connectivity index (χ2v) is 9.00. The van der Waals surface area contributed by atoms with Gasteiger partial charge in [-0.2, -0.15) is 0 Å². The smallest absolute Gasteiger partial charge is 0.278 e. The van der Waals surface area contributed by atoms with Crippen molar-refractivity contribution >= 4 is 17.1 Å². The molecule has 0 spiro atoms. The van der Waals surface area contributed by atoms with Crippen molar-refractivity contribution in [2.75, 3.05) is 6.61 Å². The highest BCUT2D eigenvalue weighted by atomic mass is 32.2. The molecule has 25 heavy (non-hydrogen) atoms. The average Bonchev–Trinajstić information content (AvgIpc) is 2.51. The molecule has 0 bridgehead atoms. The van der Waals surface area contributed by atoms with E-state index in [9.17, 15) is 17.7 Å². The van der Waals surface area contributed by atoms with Crippen molar-refractivity contribution in [1.82, 2.24) is 0 Å². The maximum absolute atomic E-state index is 14.7. The van der Waals surface area contributed by atoms with Gasteiger partial charge < -0.3 is 9.66 Å². The summed E-state index contributed by atoms with van der Waals surface area (Å²) in [5.41, 5.74) is -0.665. The lowest BCUT2D eigenvalue weighted by molar-refractivity contribution is -0.0654. The molecule has 142 valence electrons. The Morgan fingerprint density at radius 1 is 1.32 bits per heavy atom. The van der Waals surface area contributed by atoms with Crippen LogP contribution in [0.15, 0.2) is 22.6 Å². The van der Waals surface area contributed by atoms with E-state index >= 15 is 0 Å². The molecule has 0 radical (unpaired) electrons. The quantitative estimate of drug-likeness (QED) is 0.558. The second-order valence-electron chi connectivity index (χ2n) is 7.10. The Hall–Kier alpha value is -1.05. The molecule has 0 aromatic heterocycles. The number of halogens is 3. The van der Waals surface area contributed by atoms with Gasteiger partial charge in [0.2, 0.25) is 0 Å². The molecule has 0 aliphatic heterocycles. The van der Waals surface area contributed by atoms with Gasteiger partial charge in [-0.25, -0.2) is 13.2 Å². The molecular weight excluding hydrogens is 351 g/mol. The van der Waals surface area contributed by atoms with Crippen molar-refractivity contribution in [3.63, 3.8) is 0 Å². The van der Waals surface area contributed by atoms with Crippen LogP contribution in [0.1, 0.15) is 58.6 Å². The molecule has 3 nitrogen and oxygen atoms in total. The Balaban J connectivity index is 3.24. The molecule has 0 heterocycles. The first-order chi connectivity index (χ1) is 11.4. The second kappa shape index (κ2) is 8.56. The summed E-state index contributed by atoms with van der Waals surface area (Å²) in [6, 6.07) is 3.76. The van der Waals surface area contributed by atoms with Gasteiger partial charge in [-0.05, 0) is 40.5 Å². The monoisotopic (exact) mass is 377 g/mol. The van der Waals surface area contributed by atoms with Crippen molar-refractivity contribution in [2.24, 2.45) is 10.3 Å². The maximum Gasteiger partial charge on any atom is 0.278 e. The molecule has 1 aromatic carbocycles. The number of benzene rings is 1. The Bertz CT molecular complexity index is 615. The van der Waals surface area contributed by atoms with Crippen LogP contribution in [0.25, 0.3) is 0 Å². The third-order valence-electron chi connectivity index (χ3n) is 3.91. The van der Waals surface area contributed by atoms with Gasteiger partial charge in [-0.1, -0.05) is 29.5 Å². The van der Waals surface area contributed by atoms with Crippen LogP contribution in [-0.2, 0) is 17.3 Å². The number of aliphatic hydroxyl groups is 1. The number of rotatable bonds is 7. The molecule has 0 aliphatic carbocycles. The molecule has 0 amide bonds. The summed E-state index contributed by atoms with van der Waals surface area (Å²) in [5.74, 6) is -5.54. The summed E-state index contributed by atoms with van der Waals surface area (Å²) in [5, 5.41) is 8.81. The Labute approximate surface area is 150 Å². The van der Waals surface area contributed by atoms with E-state index in [0.29, 0.717) is 0 Å². The normalized spacial score (nSPS) is 16.0. The van der Waals surface area contributed by atoms with Crippen molar-refractivity contribution in [1.29, 1.82) is 0 Å². The fourth-order valence-electron chi connectivity index (χ4n) is 2.22. The summed E-state index contributed by atoms with van der Waals surface area (Å²) >= 11 is -1.61. The molecule has 0 aliphatic rings. The van der Waals surface area contributed by atoms with E-state index in [1.165, 1.54) is 26.0 Å². The lowest BCUT2D eigenvalue weighted by atomic mass is 9.90. The van der Waals surface area contributed by atoms with Crippen LogP contribution >= 0.6 is 0 Å². The lowest BCUT2D eigenvalue weighted by Crippen LogP contribution is -2.27. The highest BCUT2D eigenvalue weighted by Crippen LogP contribution is 2.40. The summed E-state index contributed by atoms with van der Waals surface area (Å²) < 4.78 is 59.4. The summed E-state index contributed by atoms with van der Waals surface area (Å²) in [6.45, 7) is 7.78. The maximum atomic E-state index is 14.7. The van der Waals surface area contributed by atoms with Gasteiger partial charge in [0, 0.05) is 18.1 Å². The average molecular weight is 377 g/mol. The topological polar surface area (TPSA) is 55.7 Å². The number of aliphatic hydroxyl groups excluding tert-OH is 1. The highest BCUT2D eigenvalue weighted by molar-refractivity contribution is 7.91. The summed E-state index contributed by atoms with van der Waals surface area (Å²) in [7, 11) is 0. The van der Waals surface area contributed by atoms with Crippen LogP contribution in [0.2, 0.25) is 0 Å². The Morgan fingerprint density at radius 2 is 1.92 bits per heavy atom. The zero-order valence-electron chi connectivity index (χ0n) is 15.3. The third-order valence-corrected chi connectivity index (χ3v) is 5.39. The molecule has 0 saturated heterocycles. The minimum absolute atomic E-state index is 0.0777. The molecule has 0 fully saturated rings. The standard InChI is InChI=1S/C18H26F3NO2S/c1-12(8-7-11-23)18(20,21)15-10-6-9-14(16(15)19)13(2)22-25(24)17(3,4)5/h6,9-10,12,23H,7-8,11H2,1-5H3/b22-13+/t12-,25?/m1/s1. The van der Waals surface area contributed by atoms with Gasteiger partial charge in [0.25, 0.3) is 5.92 Å². The third kappa shape index (κ3) is 5.46. The molecule has 0 saturated carbocycles. The van der Waals surface area contributed by atoms with Crippen molar-refractivity contribution in [2.45, 2.75) is 58.1 Å². The van der Waals surface area contributed by atoms with Gasteiger partial charge in [0.1, 0.15) is 21.9 Å². The minimum Gasteiger partial charge on any atom is -0.591 e. The van der Waals surface area contributed by atoms with Gasteiger partial charge in [-0.15, -0.1) is 0 Å². The first-order valence-electron chi connectivity index (χ1n) is 8.18. The van der Waals surface area contributed by atoms with Crippen LogP contribution in [-0.4, -0.2) is 26.7 Å². The number of hydrogen-bond acceptors (Lipinski definition) is 3. The minimum atomic E-state index is -3.38. The predicted octanol–water partition coefficient (Wildman–Crippen LogP) is 4.60. The van der Waals surface area contributed by atoms with Crippen molar-refractivity contribution in [3.05, 3.63) is 35.1 Å². The first-order valence-corrected chi connectivity index (χ1v) is 9.29. The number of alkyl halides is 2. The fourth-order valence-corrected chi connectivity index (χ4v) is 2.84. The molecule has 1 unspecified atom stereocenters. The summed E-state index contributed by atoms with van der Waals surface area (Å²) in [4.78, 5) is 0. The van der Waals surface area contributed by atoms with Crippen LogP contribution in [0.3, 0.4) is 0 Å². The van der Waals surface area contributed by atoms with E-state index in [2.05, 4.69) is 4.40 Å². The highest BCUT2D eigenvalue weighted by Gasteiger charge is 2.41. The van der Waals surface area contributed by atoms with Crippen LogP contribution in [0.5, 0.6) is 0 Å². The molecule has 1 rings (SSSR count). The largest absolute Gasteiger partial charge is 0.591 e. The van der Waals surface area contributed by atoms with Gasteiger partial charge in [0.05, 0.1) is 11.3 Å². The predicted molar refractivity (Wildman–Crippen MR) is 95.9 cm³/mol. The SMILES string of the molecule is C/C(=N\[S+]([O-])C(C)(C)C)c1cccc(C(F)(F)[C@H](C)CCCO)c1F. The molecule has 1 aromatic rings. The van der Waals surface area contributed by atoms with E-state index < -0.39 is 39.3 Å². The van der Waals surface area contributed by atoms with Crippen LogP contribution < -0.4 is 0 Å². The zero-order valence-corrected chi connectivity index (χ0v) is 16.1. The zero-order chi connectivity index (χ0) is 19.4. The fraction of sp³-hybridized carbons (Fsp3) is 0.611. The lowest BCUT2D eigenvalue weighted by Gasteiger charge is -2.25. The van der Waals surface area contributed by atoms with Crippen LogP contribution in [0, 0.1) is 11.7 Å². The van der Waals surface area contributed by atoms with Crippen LogP contribution in [0.4, 0.5) is 13.2 Å². The van der Waals surface area contributed by atoms with E-state index in [1.54, 1.807) is 20.8 Å². The number of hydrogen-bond donors (Lipinski definition) is 1. The van der Waals surface area contributed by atoms with E-state index in [1.807, 2.05) is 0 Å². The van der Waals surface area contributed by atoms with Gasteiger partial charge >= 0.3 is 0 Å². The van der Waals surface area contributed by atoms with Gasteiger partial charge in [0.15, 0.2) is 0 Å². The van der Waals surface area contributed by atoms with Gasteiger partial charge in [-0.3, -0.25) is 0 Å². The molecule has 1 N–H and O–H groups in total. The van der Waals surface area contributed by atoms with Crippen molar-refractivity contribution < 1.29 is 22.8 Å². The molecular formula is C18H26F3NO2S. The van der Waals surface area contributed by atoms with E-state index in [0.717, 1.165) is 6.07 Å². The summed E-state index contributed by atoms with van der Waals surface area (Å²) in [6.07, 6.45) is 0.303. The Morgan fingerprint density at radius 3 is 2.44 bits per heavy atom. The van der Waals surface area contributed by atoms with Crippen molar-refractivity contribution in [3.8, 4) is 0 Å². The Kier molecular flexibility index (Phi) is 7.53. The number of nitrogens with zero attached hydrogens (tertiary/aromatic N) is 1. The molecule has 7 heteroatoms. The van der Waals surface area contributed by atoms with E-state index in [4.69, 9.17) is 5.11 Å².